The number of para-hydroxylation sites is 2. The van der Waals surface area contributed by atoms with E-state index in [9.17, 15) is 14.0 Å². The summed E-state index contributed by atoms with van der Waals surface area (Å²) < 4.78 is 24.3. The molecule has 0 saturated heterocycles. The minimum Gasteiger partial charge on any atom is -0.493 e. The summed E-state index contributed by atoms with van der Waals surface area (Å²) in [4.78, 5) is 24.3. The molecule has 6 nitrogen and oxygen atoms in total. The first-order chi connectivity index (χ1) is 15.0. The van der Waals surface area contributed by atoms with Crippen molar-refractivity contribution in [3.63, 3.8) is 0 Å². The van der Waals surface area contributed by atoms with Gasteiger partial charge < -0.3 is 20.1 Å². The van der Waals surface area contributed by atoms with Crippen molar-refractivity contribution in [2.45, 2.75) is 0 Å². The first-order valence-corrected chi connectivity index (χ1v) is 9.44. The van der Waals surface area contributed by atoms with E-state index in [1.165, 1.54) is 25.3 Å². The summed E-state index contributed by atoms with van der Waals surface area (Å²) in [7, 11) is 1.52. The van der Waals surface area contributed by atoms with Crippen molar-refractivity contribution >= 4 is 29.3 Å². The highest BCUT2D eigenvalue weighted by Gasteiger charge is 2.08. The van der Waals surface area contributed by atoms with Gasteiger partial charge in [0, 0.05) is 23.0 Å². The Morgan fingerprint density at radius 3 is 2.32 bits per heavy atom. The van der Waals surface area contributed by atoms with Crippen molar-refractivity contribution in [1.82, 2.24) is 0 Å². The molecule has 0 fully saturated rings. The average molecular weight is 420 g/mol. The van der Waals surface area contributed by atoms with Crippen LogP contribution in [-0.2, 0) is 9.59 Å². The smallest absolute Gasteiger partial charge is 0.262 e. The molecule has 3 aromatic rings. The van der Waals surface area contributed by atoms with E-state index in [2.05, 4.69) is 10.6 Å². The lowest BCUT2D eigenvalue weighted by molar-refractivity contribution is -0.118. The molecule has 158 valence electrons. The Morgan fingerprint density at radius 2 is 1.58 bits per heavy atom. The molecular weight excluding hydrogens is 399 g/mol. The minimum atomic E-state index is -0.425. The lowest BCUT2D eigenvalue weighted by Crippen LogP contribution is -2.20. The van der Waals surface area contributed by atoms with Gasteiger partial charge in [0.15, 0.2) is 18.1 Å². The van der Waals surface area contributed by atoms with E-state index in [1.807, 2.05) is 0 Å². The zero-order chi connectivity index (χ0) is 22.1. The van der Waals surface area contributed by atoms with Crippen LogP contribution >= 0.6 is 0 Å². The van der Waals surface area contributed by atoms with Gasteiger partial charge in [-0.15, -0.1) is 0 Å². The summed E-state index contributed by atoms with van der Waals surface area (Å²) >= 11 is 0. The second kappa shape index (κ2) is 10.6. The maximum Gasteiger partial charge on any atom is 0.262 e. The normalized spacial score (nSPS) is 10.5. The van der Waals surface area contributed by atoms with E-state index in [0.29, 0.717) is 28.4 Å². The number of halogens is 1. The molecule has 3 rings (SSSR count). The van der Waals surface area contributed by atoms with Gasteiger partial charge in [0.1, 0.15) is 5.82 Å². The van der Waals surface area contributed by atoms with Crippen LogP contribution in [0.2, 0.25) is 0 Å². The van der Waals surface area contributed by atoms with Crippen molar-refractivity contribution in [3.05, 3.63) is 90.3 Å². The molecule has 0 aliphatic heterocycles. The number of ether oxygens (including phenoxy) is 2. The highest BCUT2D eigenvalue weighted by molar-refractivity contribution is 6.02. The highest BCUT2D eigenvalue weighted by atomic mass is 19.1. The fourth-order valence-corrected chi connectivity index (χ4v) is 2.71. The van der Waals surface area contributed by atoms with Gasteiger partial charge in [-0.1, -0.05) is 36.4 Å². The number of methoxy groups -OCH3 is 1. The predicted molar refractivity (Wildman–Crippen MR) is 118 cm³/mol. The Balaban J connectivity index is 1.55. The third kappa shape index (κ3) is 6.43. The van der Waals surface area contributed by atoms with Gasteiger partial charge in [0.25, 0.3) is 5.91 Å². The summed E-state index contributed by atoms with van der Waals surface area (Å²) in [6, 6.07) is 19.8. The van der Waals surface area contributed by atoms with E-state index >= 15 is 0 Å². The van der Waals surface area contributed by atoms with Crippen molar-refractivity contribution in [2.75, 3.05) is 24.4 Å². The lowest BCUT2D eigenvalue weighted by atomic mass is 10.2. The fraction of sp³-hybridized carbons (Fsp3) is 0.0833. The van der Waals surface area contributed by atoms with E-state index in [4.69, 9.17) is 9.47 Å². The molecule has 0 unspecified atom stereocenters. The number of benzene rings is 3. The summed E-state index contributed by atoms with van der Waals surface area (Å²) in [5, 5.41) is 5.38. The largest absolute Gasteiger partial charge is 0.493 e. The van der Waals surface area contributed by atoms with Gasteiger partial charge >= 0.3 is 0 Å². The molecule has 0 heterocycles. The molecule has 2 amide bonds. The quantitative estimate of drug-likeness (QED) is 0.526. The van der Waals surface area contributed by atoms with E-state index in [-0.39, 0.29) is 12.5 Å². The first kappa shape index (κ1) is 21.6. The molecule has 3 aromatic carbocycles. The van der Waals surface area contributed by atoms with Crippen LogP contribution < -0.4 is 20.1 Å². The number of hydrogen-bond acceptors (Lipinski definition) is 4. The van der Waals surface area contributed by atoms with Crippen LogP contribution in [0.4, 0.5) is 15.8 Å². The maximum absolute atomic E-state index is 13.6. The zero-order valence-electron chi connectivity index (χ0n) is 16.8. The molecular formula is C24H21FN2O4. The second-order valence-electron chi connectivity index (χ2n) is 6.41. The summed E-state index contributed by atoms with van der Waals surface area (Å²) in [6.45, 7) is -0.206. The number of carbonyl (C=O) groups is 2. The molecule has 7 heteroatoms. The number of carbonyl (C=O) groups excluding carboxylic acids is 2. The van der Waals surface area contributed by atoms with Gasteiger partial charge in [-0.2, -0.15) is 0 Å². The van der Waals surface area contributed by atoms with Crippen LogP contribution in [0.3, 0.4) is 0 Å². The molecule has 0 radical (unpaired) electrons. The van der Waals surface area contributed by atoms with E-state index in [0.717, 1.165) is 0 Å². The van der Waals surface area contributed by atoms with Crippen molar-refractivity contribution in [3.8, 4) is 11.5 Å². The Labute approximate surface area is 179 Å². The Bertz CT molecular complexity index is 1100. The number of rotatable bonds is 8. The van der Waals surface area contributed by atoms with Crippen LogP contribution in [0.1, 0.15) is 5.56 Å². The zero-order valence-corrected chi connectivity index (χ0v) is 16.8. The summed E-state index contributed by atoms with van der Waals surface area (Å²) in [5.41, 5.74) is 1.28. The van der Waals surface area contributed by atoms with Gasteiger partial charge in [-0.25, -0.2) is 4.39 Å². The molecule has 0 aliphatic rings. The van der Waals surface area contributed by atoms with Gasteiger partial charge in [-0.05, 0) is 42.5 Å². The number of amides is 2. The SMILES string of the molecule is COc1ccccc1OCC(=O)Nc1cccc(NC(=O)/C=C/c2ccccc2F)c1. The number of hydrogen-bond donors (Lipinski definition) is 2. The third-order valence-corrected chi connectivity index (χ3v) is 4.16. The second-order valence-corrected chi connectivity index (χ2v) is 6.41. The standard InChI is InChI=1S/C24H21FN2O4/c1-30-21-11-4-5-12-22(21)31-16-24(29)27-19-9-6-8-18(15-19)26-23(28)14-13-17-7-2-3-10-20(17)25/h2-15H,16H2,1H3,(H,26,28)(H,27,29)/b14-13+. The van der Waals surface area contributed by atoms with Gasteiger partial charge in [0.2, 0.25) is 5.91 Å². The molecule has 0 bridgehead atoms. The summed E-state index contributed by atoms with van der Waals surface area (Å²) in [6.07, 6.45) is 2.64. The molecule has 0 saturated carbocycles. The third-order valence-electron chi connectivity index (χ3n) is 4.16. The van der Waals surface area contributed by atoms with Crippen molar-refractivity contribution in [2.24, 2.45) is 0 Å². The van der Waals surface area contributed by atoms with Gasteiger partial charge in [-0.3, -0.25) is 9.59 Å². The van der Waals surface area contributed by atoms with Crippen LogP contribution in [0.25, 0.3) is 6.08 Å². The number of nitrogens with one attached hydrogen (secondary N) is 2. The topological polar surface area (TPSA) is 76.7 Å². The predicted octanol–water partition coefficient (Wildman–Crippen LogP) is 4.50. The lowest BCUT2D eigenvalue weighted by Gasteiger charge is -2.11. The van der Waals surface area contributed by atoms with Gasteiger partial charge in [0.05, 0.1) is 7.11 Å². The molecule has 0 aliphatic carbocycles. The van der Waals surface area contributed by atoms with Crippen LogP contribution in [-0.4, -0.2) is 25.5 Å². The molecule has 31 heavy (non-hydrogen) atoms. The molecule has 0 spiro atoms. The Kier molecular flexibility index (Phi) is 7.37. The monoisotopic (exact) mass is 420 g/mol. The average Bonchev–Trinajstić information content (AvgIpc) is 2.77. The first-order valence-electron chi connectivity index (χ1n) is 9.44. The summed E-state index contributed by atoms with van der Waals surface area (Å²) in [5.74, 6) is -0.210. The van der Waals surface area contributed by atoms with Crippen LogP contribution in [0.15, 0.2) is 78.9 Å². The highest BCUT2D eigenvalue weighted by Crippen LogP contribution is 2.25. The number of anilines is 2. The Morgan fingerprint density at radius 1 is 0.903 bits per heavy atom. The minimum absolute atomic E-state index is 0.206. The van der Waals surface area contributed by atoms with Crippen molar-refractivity contribution in [1.29, 1.82) is 0 Å². The Hall–Kier alpha value is -4.13. The van der Waals surface area contributed by atoms with E-state index in [1.54, 1.807) is 66.7 Å². The van der Waals surface area contributed by atoms with Crippen molar-refractivity contribution < 1.29 is 23.5 Å². The molecule has 0 aromatic heterocycles. The molecule has 2 N–H and O–H groups in total. The molecule has 0 atom stereocenters. The maximum atomic E-state index is 13.6. The van der Waals surface area contributed by atoms with E-state index < -0.39 is 11.7 Å². The van der Waals surface area contributed by atoms with Crippen LogP contribution in [0, 0.1) is 5.82 Å². The fourth-order valence-electron chi connectivity index (χ4n) is 2.71. The van der Waals surface area contributed by atoms with Crippen LogP contribution in [0.5, 0.6) is 11.5 Å².